The van der Waals surface area contributed by atoms with Gasteiger partial charge in [-0.25, -0.2) is 0 Å². The van der Waals surface area contributed by atoms with E-state index in [1.165, 1.54) is 0 Å². The molecule has 1 fully saturated rings. The Morgan fingerprint density at radius 3 is 2.62 bits per heavy atom. The first-order valence-electron chi connectivity index (χ1n) is 8.00. The largest absolute Gasteiger partial charge is 0.493 e. The fraction of sp³-hybridized carbons (Fsp3) is 0.588. The Bertz CT molecular complexity index is 590. The molecule has 1 aliphatic rings. The molecule has 134 valence electrons. The number of piperidine rings is 1. The Hall–Kier alpha value is -1.76. The van der Waals surface area contributed by atoms with Crippen molar-refractivity contribution in [2.45, 2.75) is 51.4 Å². The summed E-state index contributed by atoms with van der Waals surface area (Å²) in [5, 5.41) is 0. The second-order valence-electron chi connectivity index (χ2n) is 6.29. The van der Waals surface area contributed by atoms with Gasteiger partial charge in [-0.1, -0.05) is 6.07 Å². The van der Waals surface area contributed by atoms with Crippen LogP contribution in [0.25, 0.3) is 0 Å². The van der Waals surface area contributed by atoms with Gasteiger partial charge in [0.1, 0.15) is 11.8 Å². The van der Waals surface area contributed by atoms with Crippen LogP contribution in [0.3, 0.4) is 0 Å². The van der Waals surface area contributed by atoms with Crippen LogP contribution in [0.4, 0.5) is 13.2 Å². The molecule has 0 saturated carbocycles. The van der Waals surface area contributed by atoms with Gasteiger partial charge < -0.3 is 15.4 Å². The number of carbonyl (C=O) groups excluding carboxylic acids is 1. The molecule has 1 heterocycles. The van der Waals surface area contributed by atoms with Crippen molar-refractivity contribution < 1.29 is 22.7 Å². The number of hydrogen-bond donors (Lipinski definition) is 1. The molecule has 1 aromatic rings. The molecular formula is C17H23F3N2O2. The maximum Gasteiger partial charge on any atom is 0.408 e. The third-order valence-corrected chi connectivity index (χ3v) is 4.38. The highest BCUT2D eigenvalue weighted by Gasteiger charge is 2.47. The predicted octanol–water partition coefficient (Wildman–Crippen LogP) is 2.95. The van der Waals surface area contributed by atoms with E-state index in [1.807, 2.05) is 26.0 Å². The molecular weight excluding hydrogens is 321 g/mol. The van der Waals surface area contributed by atoms with Crippen LogP contribution in [0.5, 0.6) is 5.75 Å². The van der Waals surface area contributed by atoms with Gasteiger partial charge in [0.15, 0.2) is 0 Å². The van der Waals surface area contributed by atoms with Crippen molar-refractivity contribution in [2.24, 2.45) is 5.73 Å². The number of likely N-dealkylation sites (tertiary alicyclic amines) is 1. The second-order valence-corrected chi connectivity index (χ2v) is 6.29. The summed E-state index contributed by atoms with van der Waals surface area (Å²) in [6.07, 6.45) is -4.40. The van der Waals surface area contributed by atoms with E-state index < -0.39 is 24.2 Å². The molecule has 4 nitrogen and oxygen atoms in total. The SMILES string of the molecule is Cc1ccc(OCCC(=O)N2C[C@H](N)CC[C@@H]2C(F)(F)F)cc1C. The standard InChI is InChI=1S/C17H23F3N2O2/c1-11-3-5-14(9-12(11)2)24-8-7-16(23)22-10-13(21)4-6-15(22)17(18,19)20/h3,5,9,13,15H,4,6-8,10,21H2,1-2H3/t13-,15-/m1/s1. The van der Waals surface area contributed by atoms with Crippen LogP contribution >= 0.6 is 0 Å². The van der Waals surface area contributed by atoms with Crippen LogP contribution in [0.2, 0.25) is 0 Å². The minimum absolute atomic E-state index is 0.0393. The van der Waals surface area contributed by atoms with E-state index in [2.05, 4.69) is 0 Å². The van der Waals surface area contributed by atoms with Crippen molar-refractivity contribution in [2.75, 3.05) is 13.2 Å². The van der Waals surface area contributed by atoms with Crippen LogP contribution in [0, 0.1) is 13.8 Å². The van der Waals surface area contributed by atoms with Crippen molar-refractivity contribution in [3.05, 3.63) is 29.3 Å². The lowest BCUT2D eigenvalue weighted by molar-refractivity contribution is -0.197. The molecule has 0 unspecified atom stereocenters. The molecule has 0 radical (unpaired) electrons. The van der Waals surface area contributed by atoms with Gasteiger partial charge in [0.05, 0.1) is 13.0 Å². The molecule has 2 N–H and O–H groups in total. The zero-order chi connectivity index (χ0) is 17.9. The quantitative estimate of drug-likeness (QED) is 0.914. The summed E-state index contributed by atoms with van der Waals surface area (Å²) in [5.74, 6) is 0.0323. The minimum atomic E-state index is -4.43. The summed E-state index contributed by atoms with van der Waals surface area (Å²) >= 11 is 0. The van der Waals surface area contributed by atoms with Gasteiger partial charge in [-0.3, -0.25) is 4.79 Å². The van der Waals surface area contributed by atoms with E-state index >= 15 is 0 Å². The Labute approximate surface area is 139 Å². The monoisotopic (exact) mass is 344 g/mol. The lowest BCUT2D eigenvalue weighted by Gasteiger charge is -2.39. The second kappa shape index (κ2) is 7.42. The lowest BCUT2D eigenvalue weighted by atomic mass is 9.98. The molecule has 0 aromatic heterocycles. The number of halogens is 3. The molecule has 0 spiro atoms. The van der Waals surface area contributed by atoms with Gasteiger partial charge in [-0.2, -0.15) is 13.2 Å². The summed E-state index contributed by atoms with van der Waals surface area (Å²) in [6, 6.07) is 3.37. The molecule has 7 heteroatoms. The van der Waals surface area contributed by atoms with Crippen molar-refractivity contribution in [1.82, 2.24) is 4.90 Å². The van der Waals surface area contributed by atoms with Gasteiger partial charge in [0.25, 0.3) is 0 Å². The molecule has 1 aliphatic heterocycles. The predicted molar refractivity (Wildman–Crippen MR) is 84.8 cm³/mol. The van der Waals surface area contributed by atoms with Crippen molar-refractivity contribution in [3.63, 3.8) is 0 Å². The average molecular weight is 344 g/mol. The first kappa shape index (κ1) is 18.6. The molecule has 2 atom stereocenters. The fourth-order valence-electron chi connectivity index (χ4n) is 2.82. The van der Waals surface area contributed by atoms with Gasteiger partial charge in [-0.05, 0) is 49.9 Å². The Balaban J connectivity index is 1.93. The molecule has 1 aromatic carbocycles. The number of amides is 1. The van der Waals surface area contributed by atoms with Crippen LogP contribution in [-0.4, -0.2) is 42.2 Å². The van der Waals surface area contributed by atoms with E-state index in [1.54, 1.807) is 6.07 Å². The first-order chi connectivity index (χ1) is 11.2. The van der Waals surface area contributed by atoms with E-state index in [0.29, 0.717) is 5.75 Å². The van der Waals surface area contributed by atoms with Gasteiger partial charge in [0, 0.05) is 12.6 Å². The number of alkyl halides is 3. The number of rotatable bonds is 4. The van der Waals surface area contributed by atoms with Crippen LogP contribution in [0.15, 0.2) is 18.2 Å². The van der Waals surface area contributed by atoms with E-state index in [9.17, 15) is 18.0 Å². The molecule has 1 saturated heterocycles. The maximum absolute atomic E-state index is 13.1. The first-order valence-corrected chi connectivity index (χ1v) is 8.00. The molecule has 0 bridgehead atoms. The molecule has 1 amide bonds. The Kier molecular flexibility index (Phi) is 5.74. The Morgan fingerprint density at radius 1 is 1.29 bits per heavy atom. The smallest absolute Gasteiger partial charge is 0.408 e. The fourth-order valence-corrected chi connectivity index (χ4v) is 2.82. The number of hydrogen-bond acceptors (Lipinski definition) is 3. The van der Waals surface area contributed by atoms with Gasteiger partial charge in [0.2, 0.25) is 5.91 Å². The highest BCUT2D eigenvalue weighted by Crippen LogP contribution is 2.32. The lowest BCUT2D eigenvalue weighted by Crippen LogP contribution is -2.56. The van der Waals surface area contributed by atoms with Crippen molar-refractivity contribution in [3.8, 4) is 5.75 Å². The summed E-state index contributed by atoms with van der Waals surface area (Å²) in [6.45, 7) is 3.89. The van der Waals surface area contributed by atoms with Crippen LogP contribution < -0.4 is 10.5 Å². The zero-order valence-corrected chi connectivity index (χ0v) is 13.9. The number of carbonyl (C=O) groups is 1. The van der Waals surface area contributed by atoms with Crippen LogP contribution in [-0.2, 0) is 4.79 Å². The summed E-state index contributed by atoms with van der Waals surface area (Å²) < 4.78 is 44.7. The number of nitrogens with zero attached hydrogens (tertiary/aromatic N) is 1. The van der Waals surface area contributed by atoms with E-state index in [0.717, 1.165) is 16.0 Å². The topological polar surface area (TPSA) is 55.6 Å². The van der Waals surface area contributed by atoms with Crippen LogP contribution in [0.1, 0.15) is 30.4 Å². The number of ether oxygens (including phenoxy) is 1. The van der Waals surface area contributed by atoms with Crippen molar-refractivity contribution >= 4 is 5.91 Å². The molecule has 2 rings (SSSR count). The molecule has 0 aliphatic carbocycles. The highest BCUT2D eigenvalue weighted by atomic mass is 19.4. The third kappa shape index (κ3) is 4.63. The third-order valence-electron chi connectivity index (χ3n) is 4.38. The summed E-state index contributed by atoms with van der Waals surface area (Å²) in [7, 11) is 0. The summed E-state index contributed by atoms with van der Waals surface area (Å²) in [5.41, 5.74) is 7.90. The maximum atomic E-state index is 13.1. The number of aryl methyl sites for hydroxylation is 2. The minimum Gasteiger partial charge on any atom is -0.493 e. The van der Waals surface area contributed by atoms with E-state index in [4.69, 9.17) is 10.5 Å². The summed E-state index contributed by atoms with van der Waals surface area (Å²) in [4.78, 5) is 13.1. The zero-order valence-electron chi connectivity index (χ0n) is 13.9. The van der Waals surface area contributed by atoms with Gasteiger partial charge >= 0.3 is 6.18 Å². The van der Waals surface area contributed by atoms with Crippen molar-refractivity contribution in [1.29, 1.82) is 0 Å². The highest BCUT2D eigenvalue weighted by molar-refractivity contribution is 5.77. The Morgan fingerprint density at radius 2 is 2.00 bits per heavy atom. The number of nitrogens with two attached hydrogens (primary N) is 1. The normalized spacial score (nSPS) is 21.7. The average Bonchev–Trinajstić information content (AvgIpc) is 2.49. The molecule has 24 heavy (non-hydrogen) atoms. The number of benzene rings is 1. The van der Waals surface area contributed by atoms with E-state index in [-0.39, 0.29) is 32.4 Å². The van der Waals surface area contributed by atoms with Gasteiger partial charge in [-0.15, -0.1) is 0 Å².